The van der Waals surface area contributed by atoms with Crippen LogP contribution in [0.3, 0.4) is 0 Å². The van der Waals surface area contributed by atoms with Crippen LogP contribution in [0, 0.1) is 5.82 Å². The minimum absolute atomic E-state index is 0.172. The number of hydrazine groups is 2. The van der Waals surface area contributed by atoms with Gasteiger partial charge in [0.15, 0.2) is 11.2 Å². The third kappa shape index (κ3) is 17.5. The summed E-state index contributed by atoms with van der Waals surface area (Å²) in [7, 11) is 2.37. The quantitative estimate of drug-likeness (QED) is 0.0863. The molecule has 0 fully saturated rings. The Morgan fingerprint density at radius 1 is 0.643 bits per heavy atom. The largest absolute Gasteiger partial charge is 0.467 e. The zero-order valence-electron chi connectivity index (χ0n) is 33.6. The first-order chi connectivity index (χ1) is 25.8. The summed E-state index contributed by atoms with van der Waals surface area (Å²) in [5.74, 6) is -1.94. The van der Waals surface area contributed by atoms with Crippen LogP contribution in [0.1, 0.15) is 66.5 Å². The van der Waals surface area contributed by atoms with E-state index in [4.69, 9.17) is 9.47 Å². The topological polar surface area (TPSA) is 176 Å². The van der Waals surface area contributed by atoms with Crippen molar-refractivity contribution in [1.82, 2.24) is 20.9 Å². The van der Waals surface area contributed by atoms with Gasteiger partial charge in [-0.2, -0.15) is 0 Å². The second-order valence-electron chi connectivity index (χ2n) is 15.3. The molecule has 0 bridgehead atoms. The van der Waals surface area contributed by atoms with Gasteiger partial charge >= 0.3 is 24.1 Å². The molecule has 16 heteroatoms. The van der Waals surface area contributed by atoms with E-state index in [1.54, 1.807) is 47.6 Å². The van der Waals surface area contributed by atoms with Gasteiger partial charge < -0.3 is 29.2 Å². The van der Waals surface area contributed by atoms with Gasteiger partial charge in [0.05, 0.1) is 27.3 Å². The Bertz CT molecular complexity index is 1760. The second-order valence-corrected chi connectivity index (χ2v) is 16.2. The Hall–Kier alpha value is -4.61. The van der Waals surface area contributed by atoms with Crippen molar-refractivity contribution in [3.05, 3.63) is 94.2 Å². The van der Waals surface area contributed by atoms with E-state index in [2.05, 4.69) is 36.3 Å². The van der Waals surface area contributed by atoms with E-state index >= 15 is 0 Å². The van der Waals surface area contributed by atoms with E-state index in [0.717, 1.165) is 26.7 Å². The first-order valence-corrected chi connectivity index (χ1v) is 18.3. The molecule has 2 unspecified atom stereocenters. The molecule has 2 amide bonds. The predicted molar refractivity (Wildman–Crippen MR) is 211 cm³/mol. The average Bonchev–Trinajstić information content (AvgIpc) is 3.07. The SMILES string of the molecule is COC(=O)C(C)(O)CN(Cc1ccc(-c2cccc(F)c2)cc1)NC(=O)OC(C)(C)C.COC(=O)C(C)(O)CN(Cc1ccc(Br)cc1)NC(=O)OC(C)(C)C. The molecule has 308 valence electrons. The Labute approximate surface area is 336 Å². The lowest BCUT2D eigenvalue weighted by Crippen LogP contribution is -2.53. The molecule has 0 aliphatic carbocycles. The monoisotopic (exact) mass is 848 g/mol. The molecule has 3 rings (SSSR count). The van der Waals surface area contributed by atoms with Crippen molar-refractivity contribution in [3.8, 4) is 11.1 Å². The lowest BCUT2D eigenvalue weighted by atomic mass is 10.0. The number of methoxy groups -OCH3 is 2. The molecule has 0 saturated heterocycles. The minimum Gasteiger partial charge on any atom is -0.467 e. The molecule has 3 aromatic carbocycles. The van der Waals surface area contributed by atoms with E-state index in [1.165, 1.54) is 50.2 Å². The van der Waals surface area contributed by atoms with Gasteiger partial charge in [-0.05, 0) is 102 Å². The molecule has 0 aliphatic heterocycles. The van der Waals surface area contributed by atoms with Gasteiger partial charge in [0.2, 0.25) is 0 Å². The lowest BCUT2D eigenvalue weighted by Gasteiger charge is -2.31. The molecule has 0 spiro atoms. The van der Waals surface area contributed by atoms with Crippen LogP contribution in [0.15, 0.2) is 77.3 Å². The second kappa shape index (κ2) is 20.5. The third-order valence-electron chi connectivity index (χ3n) is 7.32. The summed E-state index contributed by atoms with van der Waals surface area (Å²) in [4.78, 5) is 47.9. The number of nitrogens with one attached hydrogen (secondary N) is 2. The summed E-state index contributed by atoms with van der Waals surface area (Å²) >= 11 is 3.36. The number of aliphatic hydroxyl groups is 2. The fourth-order valence-corrected chi connectivity index (χ4v) is 5.21. The number of esters is 2. The van der Waals surface area contributed by atoms with Crippen LogP contribution in [0.5, 0.6) is 0 Å². The van der Waals surface area contributed by atoms with Crippen LogP contribution in [0.4, 0.5) is 14.0 Å². The summed E-state index contributed by atoms with van der Waals surface area (Å²) < 4.78 is 34.1. The van der Waals surface area contributed by atoms with Crippen molar-refractivity contribution in [2.24, 2.45) is 0 Å². The van der Waals surface area contributed by atoms with E-state index in [1.807, 2.05) is 54.6 Å². The Kier molecular flexibility index (Phi) is 17.4. The molecule has 0 aromatic heterocycles. The van der Waals surface area contributed by atoms with E-state index in [9.17, 15) is 33.8 Å². The molecule has 0 saturated carbocycles. The number of amides is 2. The molecule has 14 nitrogen and oxygen atoms in total. The molecular weight excluding hydrogens is 795 g/mol. The van der Waals surface area contributed by atoms with Gasteiger partial charge in [-0.1, -0.05) is 64.5 Å². The normalized spacial score (nSPS) is 13.6. The fourth-order valence-electron chi connectivity index (χ4n) is 4.94. The number of benzene rings is 3. The van der Waals surface area contributed by atoms with Crippen LogP contribution in [0.2, 0.25) is 0 Å². The van der Waals surface area contributed by atoms with Crippen LogP contribution in [0.25, 0.3) is 11.1 Å². The fraction of sp³-hybridized carbons (Fsp3) is 0.450. The van der Waals surface area contributed by atoms with Gasteiger partial charge in [0, 0.05) is 17.6 Å². The first-order valence-electron chi connectivity index (χ1n) is 17.5. The highest BCUT2D eigenvalue weighted by Crippen LogP contribution is 2.22. The van der Waals surface area contributed by atoms with Crippen molar-refractivity contribution >= 4 is 40.1 Å². The van der Waals surface area contributed by atoms with Crippen molar-refractivity contribution < 1.29 is 52.7 Å². The van der Waals surface area contributed by atoms with Gasteiger partial charge in [-0.25, -0.2) is 33.6 Å². The minimum atomic E-state index is -1.86. The number of carbonyl (C=O) groups excluding carboxylic acids is 4. The molecular formula is C40H54BrFN4O10. The van der Waals surface area contributed by atoms with Gasteiger partial charge in [0.1, 0.15) is 17.0 Å². The maximum atomic E-state index is 13.5. The molecule has 56 heavy (non-hydrogen) atoms. The van der Waals surface area contributed by atoms with E-state index in [0.29, 0.717) is 0 Å². The molecule has 3 aromatic rings. The van der Waals surface area contributed by atoms with Crippen molar-refractivity contribution in [1.29, 1.82) is 0 Å². The zero-order valence-corrected chi connectivity index (χ0v) is 35.2. The first kappa shape index (κ1) is 47.5. The van der Waals surface area contributed by atoms with Crippen LogP contribution in [-0.4, -0.2) is 94.1 Å². The highest BCUT2D eigenvalue weighted by atomic mass is 79.9. The highest BCUT2D eigenvalue weighted by Gasteiger charge is 2.36. The lowest BCUT2D eigenvalue weighted by molar-refractivity contribution is -0.163. The van der Waals surface area contributed by atoms with Crippen molar-refractivity contribution in [3.63, 3.8) is 0 Å². The molecule has 0 radical (unpaired) electrons. The van der Waals surface area contributed by atoms with E-state index < -0.39 is 46.5 Å². The molecule has 0 aliphatic rings. The number of nitrogens with zero attached hydrogens (tertiary/aromatic N) is 2. The zero-order chi connectivity index (χ0) is 42.5. The smallest absolute Gasteiger partial charge is 0.422 e. The average molecular weight is 850 g/mol. The maximum absolute atomic E-state index is 13.5. The molecule has 0 heterocycles. The Morgan fingerprint density at radius 3 is 1.39 bits per heavy atom. The maximum Gasteiger partial charge on any atom is 0.422 e. The summed E-state index contributed by atoms with van der Waals surface area (Å²) in [5.41, 5.74) is 3.33. The van der Waals surface area contributed by atoms with Crippen molar-refractivity contribution in [2.75, 3.05) is 27.3 Å². The number of carbonyl (C=O) groups is 4. The number of halogens is 2. The highest BCUT2D eigenvalue weighted by molar-refractivity contribution is 9.10. The number of ether oxygens (including phenoxy) is 4. The third-order valence-corrected chi connectivity index (χ3v) is 7.85. The number of hydrogen-bond acceptors (Lipinski definition) is 12. The van der Waals surface area contributed by atoms with Gasteiger partial charge in [-0.15, -0.1) is 0 Å². The Balaban J connectivity index is 0.000000396. The van der Waals surface area contributed by atoms with Gasteiger partial charge in [0.25, 0.3) is 0 Å². The van der Waals surface area contributed by atoms with Crippen LogP contribution >= 0.6 is 15.9 Å². The summed E-state index contributed by atoms with van der Waals surface area (Å²) in [5, 5.41) is 23.5. The summed E-state index contributed by atoms with van der Waals surface area (Å²) in [6, 6.07) is 21.0. The Morgan fingerprint density at radius 2 is 1.04 bits per heavy atom. The summed E-state index contributed by atoms with van der Waals surface area (Å²) in [6.45, 7) is 13.1. The molecule has 4 N–H and O–H groups in total. The summed E-state index contributed by atoms with van der Waals surface area (Å²) in [6.07, 6.45) is -1.39. The number of rotatable bonds is 13. The van der Waals surface area contributed by atoms with Gasteiger partial charge in [-0.3, -0.25) is 10.9 Å². The van der Waals surface area contributed by atoms with Crippen LogP contribution < -0.4 is 10.9 Å². The predicted octanol–water partition coefficient (Wildman–Crippen LogP) is 6.27. The van der Waals surface area contributed by atoms with E-state index in [-0.39, 0.29) is 32.0 Å². The van der Waals surface area contributed by atoms with Crippen LogP contribution in [-0.2, 0) is 41.6 Å². The van der Waals surface area contributed by atoms with Crippen molar-refractivity contribution in [2.45, 2.75) is 90.9 Å². The standard InChI is InChI=1S/C23H29FN2O5.C17H25BrN2O5/c1-22(2,3)31-21(28)25-26(15-23(4,29)20(27)30-5)14-16-9-11-17(12-10-16)18-7-6-8-19(24)13-18;1-16(2,3)25-15(22)19-20(11-17(4,23)14(21)24-5)10-12-6-8-13(18)9-7-12/h6-13,29H,14-15H2,1-5H3,(H,25,28);6-9,23H,10-11H2,1-5H3,(H,19,22). The molecule has 2 atom stereocenters. The number of hydrogen-bond donors (Lipinski definition) is 4.